The largest absolute Gasteiger partial charge is 0.353 e. The first kappa shape index (κ1) is 19.0. The molecule has 1 aromatic heterocycles. The molecule has 2 amide bonds. The van der Waals surface area contributed by atoms with Crippen molar-refractivity contribution >= 4 is 46.7 Å². The van der Waals surface area contributed by atoms with Crippen molar-refractivity contribution in [3.05, 3.63) is 0 Å². The zero-order valence-electron chi connectivity index (χ0n) is 14.5. The van der Waals surface area contributed by atoms with Crippen LogP contribution in [-0.4, -0.2) is 45.6 Å². The van der Waals surface area contributed by atoms with E-state index in [4.69, 9.17) is 0 Å². The number of aromatic nitrogens is 2. The highest BCUT2D eigenvalue weighted by Gasteiger charge is 2.29. The van der Waals surface area contributed by atoms with Crippen LogP contribution in [0.1, 0.15) is 39.5 Å². The fourth-order valence-electron chi connectivity index (χ4n) is 2.59. The molecule has 3 rings (SSSR count). The van der Waals surface area contributed by atoms with Gasteiger partial charge in [0, 0.05) is 12.1 Å². The van der Waals surface area contributed by atoms with Gasteiger partial charge in [0.25, 0.3) is 0 Å². The maximum Gasteiger partial charge on any atom is 0.230 e. The molecule has 0 saturated heterocycles. The molecule has 1 heterocycles. The van der Waals surface area contributed by atoms with E-state index in [0.717, 1.165) is 8.68 Å². The molecule has 0 spiro atoms. The Morgan fingerprint density at radius 3 is 1.72 bits per heavy atom. The van der Waals surface area contributed by atoms with Crippen LogP contribution in [0.5, 0.6) is 0 Å². The third-order valence-electron chi connectivity index (χ3n) is 4.48. The average Bonchev–Trinajstić information content (AvgIpc) is 3.47. The van der Waals surface area contributed by atoms with Gasteiger partial charge in [0.2, 0.25) is 11.8 Å². The van der Waals surface area contributed by atoms with Gasteiger partial charge in [0.15, 0.2) is 8.68 Å². The molecule has 0 radical (unpaired) electrons. The lowest BCUT2D eigenvalue weighted by Crippen LogP contribution is -2.35. The fourth-order valence-corrected chi connectivity index (χ4v) is 5.23. The number of rotatable bonds is 10. The van der Waals surface area contributed by atoms with E-state index in [1.165, 1.54) is 60.5 Å². The average molecular weight is 401 g/mol. The summed E-state index contributed by atoms with van der Waals surface area (Å²) in [5.74, 6) is 2.12. The van der Waals surface area contributed by atoms with Crippen molar-refractivity contribution in [3.63, 3.8) is 0 Å². The molecule has 2 atom stereocenters. The third-order valence-corrected chi connectivity index (χ3v) is 7.67. The zero-order chi connectivity index (χ0) is 17.8. The van der Waals surface area contributed by atoms with Crippen molar-refractivity contribution in [1.82, 2.24) is 20.8 Å². The lowest BCUT2D eigenvalue weighted by Gasteiger charge is -2.11. The minimum Gasteiger partial charge on any atom is -0.353 e. The Labute approximate surface area is 160 Å². The molecule has 1 aromatic rings. The van der Waals surface area contributed by atoms with Gasteiger partial charge in [0.1, 0.15) is 0 Å². The van der Waals surface area contributed by atoms with E-state index in [9.17, 15) is 9.59 Å². The van der Waals surface area contributed by atoms with Crippen molar-refractivity contribution in [2.75, 3.05) is 11.5 Å². The highest BCUT2D eigenvalue weighted by molar-refractivity contribution is 8.03. The molecule has 2 aliphatic rings. The number of hydrogen-bond donors (Lipinski definition) is 2. The van der Waals surface area contributed by atoms with Crippen LogP contribution in [0, 0.1) is 11.8 Å². The summed E-state index contributed by atoms with van der Waals surface area (Å²) in [4.78, 5) is 23.8. The van der Waals surface area contributed by atoms with Gasteiger partial charge in [-0.1, -0.05) is 34.9 Å². The minimum atomic E-state index is 0.0437. The number of carbonyl (C=O) groups is 2. The van der Waals surface area contributed by atoms with Gasteiger partial charge in [-0.3, -0.25) is 9.59 Å². The summed E-state index contributed by atoms with van der Waals surface area (Å²) in [5.41, 5.74) is 0. The van der Waals surface area contributed by atoms with Crippen molar-refractivity contribution in [2.45, 2.75) is 60.3 Å². The molecule has 25 heavy (non-hydrogen) atoms. The van der Waals surface area contributed by atoms with Gasteiger partial charge in [-0.15, -0.1) is 10.2 Å². The first-order valence-corrected chi connectivity index (χ1v) is 11.5. The molecule has 2 saturated carbocycles. The molecule has 2 N–H and O–H groups in total. The maximum absolute atomic E-state index is 11.9. The number of nitrogens with one attached hydrogen (secondary N) is 2. The summed E-state index contributed by atoms with van der Waals surface area (Å²) in [6.07, 6.45) is 4.88. The molecule has 0 aliphatic heterocycles. The molecule has 0 bridgehead atoms. The van der Waals surface area contributed by atoms with Gasteiger partial charge >= 0.3 is 0 Å². The molecular formula is C16H24N4O2S3. The topological polar surface area (TPSA) is 84.0 Å². The SMILES string of the molecule is C[C@H](NC(=O)CSc1nnc(SCC(=O)N[C@H](C)C2CC2)s1)C1CC1. The quantitative estimate of drug-likeness (QED) is 0.587. The highest BCUT2D eigenvalue weighted by Crippen LogP contribution is 2.33. The van der Waals surface area contributed by atoms with Gasteiger partial charge < -0.3 is 10.6 Å². The Kier molecular flexibility index (Phi) is 6.62. The fraction of sp³-hybridized carbons (Fsp3) is 0.750. The van der Waals surface area contributed by atoms with Crippen LogP contribution in [0.4, 0.5) is 0 Å². The van der Waals surface area contributed by atoms with E-state index in [2.05, 4.69) is 34.7 Å². The molecule has 2 aliphatic carbocycles. The predicted molar refractivity (Wildman–Crippen MR) is 102 cm³/mol. The summed E-state index contributed by atoms with van der Waals surface area (Å²) < 4.78 is 1.53. The first-order valence-electron chi connectivity index (χ1n) is 8.69. The molecule has 138 valence electrons. The van der Waals surface area contributed by atoms with Crippen LogP contribution < -0.4 is 10.6 Å². The maximum atomic E-state index is 11.9. The van der Waals surface area contributed by atoms with Crippen molar-refractivity contribution in [1.29, 1.82) is 0 Å². The van der Waals surface area contributed by atoms with E-state index >= 15 is 0 Å². The molecule has 0 aromatic carbocycles. The second kappa shape index (κ2) is 8.73. The smallest absolute Gasteiger partial charge is 0.230 e. The summed E-state index contributed by atoms with van der Waals surface area (Å²) >= 11 is 4.23. The Hall–Kier alpha value is -0.800. The van der Waals surface area contributed by atoms with Crippen molar-refractivity contribution in [3.8, 4) is 0 Å². The zero-order valence-corrected chi connectivity index (χ0v) is 16.9. The van der Waals surface area contributed by atoms with Crippen LogP contribution in [0.25, 0.3) is 0 Å². The van der Waals surface area contributed by atoms with E-state index in [-0.39, 0.29) is 23.9 Å². The van der Waals surface area contributed by atoms with E-state index in [1.54, 1.807) is 0 Å². The highest BCUT2D eigenvalue weighted by atomic mass is 32.2. The Balaban J connectivity index is 1.33. The van der Waals surface area contributed by atoms with Gasteiger partial charge in [-0.05, 0) is 51.4 Å². The van der Waals surface area contributed by atoms with Crippen molar-refractivity contribution < 1.29 is 9.59 Å². The molecule has 0 unspecified atom stereocenters. The molecule has 9 heteroatoms. The number of thioether (sulfide) groups is 2. The van der Waals surface area contributed by atoms with E-state index in [0.29, 0.717) is 23.3 Å². The third kappa shape index (κ3) is 6.45. The van der Waals surface area contributed by atoms with Crippen LogP contribution in [-0.2, 0) is 9.59 Å². The first-order chi connectivity index (χ1) is 12.0. The summed E-state index contributed by atoms with van der Waals surface area (Å²) in [6, 6.07) is 0.537. The number of hydrogen-bond acceptors (Lipinski definition) is 7. The van der Waals surface area contributed by atoms with Crippen LogP contribution >= 0.6 is 34.9 Å². The second-order valence-electron chi connectivity index (χ2n) is 6.80. The van der Waals surface area contributed by atoms with Gasteiger partial charge in [0.05, 0.1) is 11.5 Å². The summed E-state index contributed by atoms with van der Waals surface area (Å²) in [6.45, 7) is 4.13. The lowest BCUT2D eigenvalue weighted by molar-refractivity contribution is -0.120. The lowest BCUT2D eigenvalue weighted by atomic mass is 10.2. The summed E-state index contributed by atoms with van der Waals surface area (Å²) in [5, 5.41) is 14.2. The van der Waals surface area contributed by atoms with Gasteiger partial charge in [-0.25, -0.2) is 0 Å². The summed E-state index contributed by atoms with van der Waals surface area (Å²) in [7, 11) is 0. The normalized spacial score (nSPS) is 19.3. The Morgan fingerprint density at radius 2 is 1.36 bits per heavy atom. The standard InChI is InChI=1S/C16H24N4O2S3/c1-9(11-3-4-11)17-13(21)7-23-15-19-20-16(25-15)24-8-14(22)18-10(2)12-5-6-12/h9-12H,3-8H2,1-2H3,(H,17,21)(H,18,22)/t9-,10+. The molecule has 2 fully saturated rings. The second-order valence-corrected chi connectivity index (χ2v) is 10.2. The van der Waals surface area contributed by atoms with E-state index < -0.39 is 0 Å². The predicted octanol–water partition coefficient (Wildman–Crippen LogP) is 2.55. The van der Waals surface area contributed by atoms with Crippen LogP contribution in [0.3, 0.4) is 0 Å². The van der Waals surface area contributed by atoms with Gasteiger partial charge in [-0.2, -0.15) is 0 Å². The number of nitrogens with zero attached hydrogens (tertiary/aromatic N) is 2. The monoisotopic (exact) mass is 400 g/mol. The van der Waals surface area contributed by atoms with Crippen molar-refractivity contribution in [2.24, 2.45) is 11.8 Å². The molecular weight excluding hydrogens is 376 g/mol. The van der Waals surface area contributed by atoms with E-state index in [1.807, 2.05) is 0 Å². The van der Waals surface area contributed by atoms with Crippen LogP contribution in [0.2, 0.25) is 0 Å². The number of amides is 2. The van der Waals surface area contributed by atoms with Crippen LogP contribution in [0.15, 0.2) is 8.68 Å². The number of carbonyl (C=O) groups excluding carboxylic acids is 2. The Bertz CT molecular complexity index is 566. The minimum absolute atomic E-state index is 0.0437. The Morgan fingerprint density at radius 1 is 0.960 bits per heavy atom. The molecule has 6 nitrogen and oxygen atoms in total.